The Labute approximate surface area is 144 Å². The zero-order valence-electron chi connectivity index (χ0n) is 12.6. The quantitative estimate of drug-likeness (QED) is 0.462. The van der Waals surface area contributed by atoms with Crippen LogP contribution in [-0.2, 0) is 13.5 Å². The van der Waals surface area contributed by atoms with Gasteiger partial charge in [0.25, 0.3) is 0 Å². The van der Waals surface area contributed by atoms with E-state index < -0.39 is 0 Å². The van der Waals surface area contributed by atoms with E-state index in [9.17, 15) is 0 Å². The summed E-state index contributed by atoms with van der Waals surface area (Å²) in [6.45, 7) is 0. The van der Waals surface area contributed by atoms with Gasteiger partial charge in [-0.3, -0.25) is 0 Å². The minimum Gasteiger partial charge on any atom is -0.331 e. The lowest BCUT2D eigenvalue weighted by molar-refractivity contribution is 0.845. The summed E-state index contributed by atoms with van der Waals surface area (Å²) in [5.41, 5.74) is 3.25. The van der Waals surface area contributed by atoms with E-state index in [0.717, 1.165) is 28.8 Å². The van der Waals surface area contributed by atoms with Crippen LogP contribution in [0.2, 0.25) is 10.0 Å². The molecular weight excluding hydrogens is 327 g/mol. The smallest absolute Gasteiger partial charge is 0.114 e. The van der Waals surface area contributed by atoms with Gasteiger partial charge >= 0.3 is 0 Å². The van der Waals surface area contributed by atoms with Gasteiger partial charge in [0.15, 0.2) is 0 Å². The molecule has 23 heavy (non-hydrogen) atoms. The van der Waals surface area contributed by atoms with E-state index in [4.69, 9.17) is 28.2 Å². The molecule has 0 saturated carbocycles. The van der Waals surface area contributed by atoms with Gasteiger partial charge in [0.1, 0.15) is 5.82 Å². The summed E-state index contributed by atoms with van der Waals surface area (Å²) in [6, 6.07) is 18.4. The molecule has 0 unspecified atom stereocenters. The Morgan fingerprint density at radius 3 is 2.39 bits per heavy atom. The molecule has 1 heterocycles. The maximum atomic E-state index is 6.11. The molecule has 0 amide bonds. The first-order valence-corrected chi connectivity index (χ1v) is 8.15. The number of rotatable bonds is 2. The average Bonchev–Trinajstić information content (AvgIpc) is 2.84. The number of hydrogen-bond donors (Lipinski definition) is 0. The molecule has 0 atom stereocenters. The van der Waals surface area contributed by atoms with E-state index in [1.165, 1.54) is 10.8 Å². The van der Waals surface area contributed by atoms with Gasteiger partial charge in [-0.15, -0.1) is 0 Å². The molecular formula is C19H14Cl2N2. The minimum absolute atomic E-state index is 0.576. The largest absolute Gasteiger partial charge is 0.331 e. The topological polar surface area (TPSA) is 17.8 Å². The summed E-state index contributed by atoms with van der Waals surface area (Å²) in [7, 11) is 2.05. The number of aryl methyl sites for hydroxylation is 1. The second kappa shape index (κ2) is 5.55. The van der Waals surface area contributed by atoms with Crippen LogP contribution in [0.4, 0.5) is 0 Å². The van der Waals surface area contributed by atoms with Crippen molar-refractivity contribution in [3.63, 3.8) is 0 Å². The Balaban J connectivity index is 1.82. The highest BCUT2D eigenvalue weighted by molar-refractivity contribution is 6.42. The summed E-state index contributed by atoms with van der Waals surface area (Å²) >= 11 is 12.1. The maximum Gasteiger partial charge on any atom is 0.114 e. The lowest BCUT2D eigenvalue weighted by Gasteiger charge is -2.04. The van der Waals surface area contributed by atoms with Gasteiger partial charge in [-0.1, -0.05) is 53.5 Å². The van der Waals surface area contributed by atoms with Gasteiger partial charge in [-0.2, -0.15) is 0 Å². The molecule has 4 rings (SSSR count). The van der Waals surface area contributed by atoms with Crippen LogP contribution < -0.4 is 0 Å². The van der Waals surface area contributed by atoms with Gasteiger partial charge in [0, 0.05) is 13.5 Å². The fourth-order valence-corrected chi connectivity index (χ4v) is 3.24. The molecule has 4 aromatic rings. The van der Waals surface area contributed by atoms with E-state index in [2.05, 4.69) is 41.9 Å². The van der Waals surface area contributed by atoms with E-state index in [1.54, 1.807) is 0 Å². The zero-order chi connectivity index (χ0) is 16.0. The van der Waals surface area contributed by atoms with Crippen LogP contribution in [0.1, 0.15) is 11.4 Å². The Bertz CT molecular complexity index is 1030. The van der Waals surface area contributed by atoms with Crippen molar-refractivity contribution in [3.8, 4) is 0 Å². The van der Waals surface area contributed by atoms with E-state index in [1.807, 2.05) is 24.3 Å². The fraction of sp³-hybridized carbons (Fsp3) is 0.105. The standard InChI is InChI=1S/C19H14Cl2N2/c1-23-18-11-14-5-3-2-4-13(14)10-17(18)22-19(23)9-12-6-7-15(20)16(21)8-12/h2-8,10-11H,9H2,1H3. The second-order valence-electron chi connectivity index (χ2n) is 5.70. The highest BCUT2D eigenvalue weighted by Gasteiger charge is 2.10. The van der Waals surface area contributed by atoms with Crippen LogP contribution in [0.25, 0.3) is 21.8 Å². The summed E-state index contributed by atoms with van der Waals surface area (Å²) in [5.74, 6) is 1.01. The molecule has 0 N–H and O–H groups in total. The second-order valence-corrected chi connectivity index (χ2v) is 6.51. The number of halogens is 2. The van der Waals surface area contributed by atoms with Crippen molar-refractivity contribution in [2.75, 3.05) is 0 Å². The van der Waals surface area contributed by atoms with Gasteiger partial charge in [-0.25, -0.2) is 4.98 Å². The number of fused-ring (bicyclic) bond motifs is 2. The van der Waals surface area contributed by atoms with Gasteiger partial charge in [0.2, 0.25) is 0 Å². The summed E-state index contributed by atoms with van der Waals surface area (Å²) in [5, 5.41) is 3.59. The number of benzene rings is 3. The molecule has 0 radical (unpaired) electrons. The Morgan fingerprint density at radius 1 is 0.913 bits per heavy atom. The molecule has 0 fully saturated rings. The predicted octanol–water partition coefficient (Wildman–Crippen LogP) is 5.62. The first-order valence-electron chi connectivity index (χ1n) is 7.40. The molecule has 0 aliphatic rings. The average molecular weight is 341 g/mol. The molecule has 4 heteroatoms. The molecule has 0 aliphatic heterocycles. The number of imidazole rings is 1. The molecule has 114 valence electrons. The van der Waals surface area contributed by atoms with Crippen LogP contribution >= 0.6 is 23.2 Å². The number of aromatic nitrogens is 2. The molecule has 0 spiro atoms. The van der Waals surface area contributed by atoms with Crippen molar-refractivity contribution in [1.29, 1.82) is 0 Å². The summed E-state index contributed by atoms with van der Waals surface area (Å²) < 4.78 is 2.14. The molecule has 2 nitrogen and oxygen atoms in total. The van der Waals surface area contributed by atoms with Crippen LogP contribution in [0.15, 0.2) is 54.6 Å². The van der Waals surface area contributed by atoms with Crippen molar-refractivity contribution in [2.24, 2.45) is 7.05 Å². The molecule has 1 aromatic heterocycles. The predicted molar refractivity (Wildman–Crippen MR) is 97.5 cm³/mol. The Kier molecular flexibility index (Phi) is 3.51. The summed E-state index contributed by atoms with van der Waals surface area (Å²) in [4.78, 5) is 4.80. The maximum absolute atomic E-state index is 6.11. The molecule has 0 saturated heterocycles. The highest BCUT2D eigenvalue weighted by atomic mass is 35.5. The zero-order valence-corrected chi connectivity index (χ0v) is 14.1. The van der Waals surface area contributed by atoms with E-state index in [-0.39, 0.29) is 0 Å². The fourth-order valence-electron chi connectivity index (χ4n) is 2.92. The van der Waals surface area contributed by atoms with E-state index >= 15 is 0 Å². The first-order chi connectivity index (χ1) is 11.1. The SMILES string of the molecule is Cn1c(Cc2ccc(Cl)c(Cl)c2)nc2cc3ccccc3cc21. The van der Waals surface area contributed by atoms with Crippen molar-refractivity contribution in [2.45, 2.75) is 6.42 Å². The normalized spacial score (nSPS) is 11.4. The third-order valence-corrected chi connectivity index (χ3v) is 4.93. The Hall–Kier alpha value is -2.03. The highest BCUT2D eigenvalue weighted by Crippen LogP contribution is 2.26. The molecule has 0 aliphatic carbocycles. The van der Waals surface area contributed by atoms with Gasteiger partial charge in [-0.05, 0) is 40.6 Å². The van der Waals surface area contributed by atoms with Gasteiger partial charge in [0.05, 0.1) is 21.1 Å². The number of nitrogens with zero attached hydrogens (tertiary/aromatic N) is 2. The monoisotopic (exact) mass is 340 g/mol. The van der Waals surface area contributed by atoms with Crippen molar-refractivity contribution >= 4 is 45.0 Å². The Morgan fingerprint density at radius 2 is 1.65 bits per heavy atom. The third kappa shape index (κ3) is 2.58. The lowest BCUT2D eigenvalue weighted by Crippen LogP contribution is -1.99. The van der Waals surface area contributed by atoms with Crippen molar-refractivity contribution in [1.82, 2.24) is 9.55 Å². The number of hydrogen-bond acceptors (Lipinski definition) is 1. The molecule has 0 bridgehead atoms. The first kappa shape index (κ1) is 14.6. The van der Waals surface area contributed by atoms with Crippen LogP contribution in [0, 0.1) is 0 Å². The van der Waals surface area contributed by atoms with Crippen molar-refractivity contribution < 1.29 is 0 Å². The lowest BCUT2D eigenvalue weighted by atomic mass is 10.1. The van der Waals surface area contributed by atoms with E-state index in [0.29, 0.717) is 10.0 Å². The van der Waals surface area contributed by atoms with Crippen molar-refractivity contribution in [3.05, 3.63) is 76.0 Å². The van der Waals surface area contributed by atoms with Crippen LogP contribution in [-0.4, -0.2) is 9.55 Å². The minimum atomic E-state index is 0.576. The van der Waals surface area contributed by atoms with Crippen LogP contribution in [0.5, 0.6) is 0 Å². The third-order valence-electron chi connectivity index (χ3n) is 4.19. The summed E-state index contributed by atoms with van der Waals surface area (Å²) in [6.07, 6.45) is 0.721. The van der Waals surface area contributed by atoms with Gasteiger partial charge < -0.3 is 4.57 Å². The molecule has 3 aromatic carbocycles. The van der Waals surface area contributed by atoms with Crippen LogP contribution in [0.3, 0.4) is 0 Å².